The van der Waals surface area contributed by atoms with Gasteiger partial charge >= 0.3 is 6.03 Å². The van der Waals surface area contributed by atoms with Crippen molar-refractivity contribution in [2.24, 2.45) is 5.92 Å². The van der Waals surface area contributed by atoms with Crippen LogP contribution in [0, 0.1) is 19.8 Å². The summed E-state index contributed by atoms with van der Waals surface area (Å²) < 4.78 is 11.5. The molecule has 2 heterocycles. The molecular weight excluding hydrogens is 426 g/mol. The van der Waals surface area contributed by atoms with Crippen molar-refractivity contribution >= 4 is 23.3 Å². The third-order valence-corrected chi connectivity index (χ3v) is 5.76. The Bertz CT molecular complexity index is 986. The van der Waals surface area contributed by atoms with Gasteiger partial charge in [-0.1, -0.05) is 18.1 Å². The van der Waals surface area contributed by atoms with Crippen molar-refractivity contribution in [2.45, 2.75) is 39.8 Å². The van der Waals surface area contributed by atoms with Gasteiger partial charge in [-0.15, -0.1) is 0 Å². The lowest BCUT2D eigenvalue weighted by Gasteiger charge is -2.38. The number of aryl methyl sites for hydroxylation is 2. The van der Waals surface area contributed by atoms with Crippen LogP contribution in [-0.4, -0.2) is 77.9 Å². The molecule has 0 saturated heterocycles. The van der Waals surface area contributed by atoms with E-state index in [1.807, 2.05) is 32.8 Å². The number of anilines is 2. The van der Waals surface area contributed by atoms with E-state index in [0.717, 1.165) is 0 Å². The van der Waals surface area contributed by atoms with Gasteiger partial charge in [-0.05, 0) is 47.0 Å². The number of benzene rings is 1. The van der Waals surface area contributed by atoms with Gasteiger partial charge in [0.25, 0.3) is 5.91 Å². The first-order valence-electron chi connectivity index (χ1n) is 11.0. The molecule has 1 aliphatic rings. The number of amides is 3. The number of aliphatic hydroxyl groups is 1. The van der Waals surface area contributed by atoms with Crippen molar-refractivity contribution < 1.29 is 24.0 Å². The van der Waals surface area contributed by atoms with Crippen LogP contribution in [0.4, 0.5) is 16.2 Å². The number of aromatic nitrogens is 1. The fraction of sp³-hybridized carbons (Fsp3) is 0.522. The number of carbonyl (C=O) groups is 2. The van der Waals surface area contributed by atoms with E-state index in [-0.39, 0.29) is 30.6 Å². The molecule has 3 rings (SSSR count). The van der Waals surface area contributed by atoms with Gasteiger partial charge in [-0.25, -0.2) is 4.79 Å². The zero-order valence-corrected chi connectivity index (χ0v) is 20.0. The predicted octanol–water partition coefficient (Wildman–Crippen LogP) is 2.72. The minimum absolute atomic E-state index is 0.0114. The van der Waals surface area contributed by atoms with E-state index in [1.165, 1.54) is 0 Å². The van der Waals surface area contributed by atoms with Gasteiger partial charge in [0.1, 0.15) is 17.5 Å². The molecule has 10 heteroatoms. The fourth-order valence-corrected chi connectivity index (χ4v) is 3.85. The lowest BCUT2D eigenvalue weighted by molar-refractivity contribution is 0.0365. The molecule has 3 atom stereocenters. The number of hydrogen-bond donors (Lipinski definition) is 3. The Morgan fingerprint density at radius 1 is 1.33 bits per heavy atom. The molecule has 0 unspecified atom stereocenters. The largest absolute Gasteiger partial charge is 0.486 e. The number of carbonyl (C=O) groups excluding carboxylic acids is 2. The topological polar surface area (TPSA) is 120 Å². The van der Waals surface area contributed by atoms with Crippen LogP contribution in [0.25, 0.3) is 0 Å². The summed E-state index contributed by atoms with van der Waals surface area (Å²) in [6.45, 7) is 8.19. The summed E-state index contributed by atoms with van der Waals surface area (Å²) in [7, 11) is 3.91. The summed E-state index contributed by atoms with van der Waals surface area (Å²) in [5.41, 5.74) is 1.76. The molecule has 180 valence electrons. The Labute approximate surface area is 193 Å². The van der Waals surface area contributed by atoms with Crippen molar-refractivity contribution in [2.75, 3.05) is 44.4 Å². The average Bonchev–Trinajstić information content (AvgIpc) is 3.07. The van der Waals surface area contributed by atoms with E-state index in [2.05, 4.69) is 15.8 Å². The van der Waals surface area contributed by atoms with Crippen molar-refractivity contribution in [3.05, 3.63) is 35.2 Å². The van der Waals surface area contributed by atoms with Gasteiger partial charge in [0, 0.05) is 19.0 Å². The first-order chi connectivity index (χ1) is 15.6. The smallest absolute Gasteiger partial charge is 0.323 e. The summed E-state index contributed by atoms with van der Waals surface area (Å²) in [5.74, 6) is 0.537. The molecule has 0 bridgehead atoms. The Morgan fingerprint density at radius 2 is 2.06 bits per heavy atom. The minimum atomic E-state index is -0.506. The lowest BCUT2D eigenvalue weighted by Crippen LogP contribution is -2.49. The Kier molecular flexibility index (Phi) is 7.60. The number of aliphatic hydroxyl groups excluding tert-OH is 1. The summed E-state index contributed by atoms with van der Waals surface area (Å²) >= 11 is 0. The second-order valence-electron chi connectivity index (χ2n) is 8.85. The minimum Gasteiger partial charge on any atom is -0.486 e. The predicted molar refractivity (Wildman–Crippen MR) is 125 cm³/mol. The highest BCUT2D eigenvalue weighted by Crippen LogP contribution is 2.35. The van der Waals surface area contributed by atoms with Crippen LogP contribution in [-0.2, 0) is 0 Å². The van der Waals surface area contributed by atoms with E-state index >= 15 is 0 Å². The van der Waals surface area contributed by atoms with Crippen LogP contribution in [0.5, 0.6) is 5.75 Å². The highest BCUT2D eigenvalue weighted by Gasteiger charge is 2.34. The quantitative estimate of drug-likeness (QED) is 0.607. The van der Waals surface area contributed by atoms with Crippen molar-refractivity contribution in [3.63, 3.8) is 0 Å². The number of para-hydroxylation sites is 1. The molecule has 10 nitrogen and oxygen atoms in total. The molecule has 0 fully saturated rings. The van der Waals surface area contributed by atoms with Crippen LogP contribution in [0.3, 0.4) is 0 Å². The second kappa shape index (κ2) is 10.2. The van der Waals surface area contributed by atoms with Crippen LogP contribution in [0.2, 0.25) is 0 Å². The number of nitrogens with zero attached hydrogens (tertiary/aromatic N) is 3. The van der Waals surface area contributed by atoms with Crippen LogP contribution >= 0.6 is 0 Å². The fourth-order valence-electron chi connectivity index (χ4n) is 3.85. The van der Waals surface area contributed by atoms with E-state index in [1.54, 1.807) is 36.9 Å². The number of ether oxygens (including phenoxy) is 1. The molecule has 0 radical (unpaired) electrons. The maximum absolute atomic E-state index is 13.4. The van der Waals surface area contributed by atoms with Gasteiger partial charge in [-0.3, -0.25) is 4.79 Å². The van der Waals surface area contributed by atoms with E-state index in [9.17, 15) is 14.7 Å². The van der Waals surface area contributed by atoms with Gasteiger partial charge in [0.05, 0.1) is 23.9 Å². The number of fused-ring (bicyclic) bond motifs is 1. The molecule has 0 aliphatic carbocycles. The highest BCUT2D eigenvalue weighted by atomic mass is 16.5. The molecule has 2 aromatic rings. The molecule has 0 saturated carbocycles. The van der Waals surface area contributed by atoms with E-state index < -0.39 is 6.03 Å². The molecule has 1 aliphatic heterocycles. The Hall–Kier alpha value is -3.11. The monoisotopic (exact) mass is 459 g/mol. The molecule has 1 aromatic heterocycles. The molecule has 3 amide bonds. The third kappa shape index (κ3) is 5.45. The molecule has 0 spiro atoms. The van der Waals surface area contributed by atoms with Gasteiger partial charge in [-0.2, -0.15) is 0 Å². The number of nitrogens with one attached hydrogen (secondary N) is 2. The molecular formula is C23H33N5O5. The molecule has 1 aromatic carbocycles. The number of rotatable bonds is 6. The second-order valence-corrected chi connectivity index (χ2v) is 8.85. The summed E-state index contributed by atoms with van der Waals surface area (Å²) in [4.78, 5) is 29.9. The van der Waals surface area contributed by atoms with Gasteiger partial charge in [0.2, 0.25) is 0 Å². The standard InChI is InChI=1S/C23H33N5O5/c1-13-10-28(14(2)12-29)22(30)17-8-7-9-18(21(17)32-19(13)11-27(5)6)24-23(31)25-20-15(3)26-33-16(20)4/h7-9,13-14,19,29H,10-12H2,1-6H3,(H2,24,25,31)/t13-,14-,19+/m1/s1. The molecule has 33 heavy (non-hydrogen) atoms. The number of urea groups is 1. The Balaban J connectivity index is 1.98. The maximum atomic E-state index is 13.4. The summed E-state index contributed by atoms with van der Waals surface area (Å²) in [5, 5.41) is 19.1. The summed E-state index contributed by atoms with van der Waals surface area (Å²) in [6.07, 6.45) is -0.242. The van der Waals surface area contributed by atoms with Crippen LogP contribution < -0.4 is 15.4 Å². The molecule has 3 N–H and O–H groups in total. The van der Waals surface area contributed by atoms with Crippen molar-refractivity contribution in [1.82, 2.24) is 15.0 Å². The SMILES string of the molecule is Cc1noc(C)c1NC(=O)Nc1cccc2c1O[C@@H](CN(C)C)[C@H](C)CN([C@H](C)CO)C2=O. The zero-order chi connectivity index (χ0) is 24.3. The lowest BCUT2D eigenvalue weighted by atomic mass is 9.99. The van der Waals surface area contributed by atoms with Gasteiger partial charge in [0.15, 0.2) is 11.5 Å². The third-order valence-electron chi connectivity index (χ3n) is 5.76. The highest BCUT2D eigenvalue weighted by molar-refractivity contribution is 6.04. The van der Waals surface area contributed by atoms with Gasteiger partial charge < -0.3 is 34.8 Å². The number of hydrogen-bond acceptors (Lipinski definition) is 7. The normalized spacial score (nSPS) is 19.4. The zero-order valence-electron chi connectivity index (χ0n) is 20.0. The average molecular weight is 460 g/mol. The summed E-state index contributed by atoms with van der Waals surface area (Å²) in [6, 6.07) is 4.20. The van der Waals surface area contributed by atoms with Crippen molar-refractivity contribution in [3.8, 4) is 5.75 Å². The van der Waals surface area contributed by atoms with E-state index in [0.29, 0.717) is 47.2 Å². The first-order valence-corrected chi connectivity index (χ1v) is 11.0. The van der Waals surface area contributed by atoms with Crippen LogP contribution in [0.15, 0.2) is 22.7 Å². The first kappa shape index (κ1) is 24.5. The maximum Gasteiger partial charge on any atom is 0.323 e. The van der Waals surface area contributed by atoms with E-state index in [4.69, 9.17) is 9.26 Å². The number of likely N-dealkylation sites (N-methyl/N-ethyl adjacent to an activating group) is 1. The Morgan fingerprint density at radius 3 is 2.67 bits per heavy atom. The van der Waals surface area contributed by atoms with Crippen LogP contribution in [0.1, 0.15) is 35.7 Å². The van der Waals surface area contributed by atoms with Crippen molar-refractivity contribution in [1.29, 1.82) is 0 Å².